The van der Waals surface area contributed by atoms with Gasteiger partial charge >= 0.3 is 0 Å². The normalized spacial score (nSPS) is 10.5. The Kier molecular flexibility index (Phi) is 3.04. The van der Waals surface area contributed by atoms with Crippen molar-refractivity contribution in [3.63, 3.8) is 0 Å². The molecule has 0 bridgehead atoms. The zero-order chi connectivity index (χ0) is 10.7. The van der Waals surface area contributed by atoms with Gasteiger partial charge < -0.3 is 10.7 Å². The number of benzene rings is 1. The fraction of sp³-hybridized carbons (Fsp3) is 0.182. The number of halogens is 1. The van der Waals surface area contributed by atoms with Gasteiger partial charge in [0.25, 0.3) is 0 Å². The highest BCUT2D eigenvalue weighted by atomic mass is 35.5. The lowest BCUT2D eigenvalue weighted by Crippen LogP contribution is -2.02. The molecule has 0 aliphatic heterocycles. The van der Waals surface area contributed by atoms with Crippen LogP contribution in [0.3, 0.4) is 0 Å². The number of hydrogen-bond acceptors (Lipinski definition) is 2. The molecule has 0 aliphatic carbocycles. The lowest BCUT2D eigenvalue weighted by molar-refractivity contribution is 0.936. The van der Waals surface area contributed by atoms with Crippen LogP contribution in [0.15, 0.2) is 30.5 Å². The highest BCUT2D eigenvalue weighted by Gasteiger charge is 2.02. The molecular weight excluding hydrogens is 210 g/mol. The third-order valence-electron chi connectivity index (χ3n) is 2.16. The Hall–Kier alpha value is -1.32. The van der Waals surface area contributed by atoms with Crippen molar-refractivity contribution in [1.29, 1.82) is 0 Å². The molecule has 2 rings (SSSR count). The van der Waals surface area contributed by atoms with Gasteiger partial charge in [0.2, 0.25) is 0 Å². The van der Waals surface area contributed by atoms with E-state index in [4.69, 9.17) is 17.3 Å². The van der Waals surface area contributed by atoms with Gasteiger partial charge in [0, 0.05) is 28.9 Å². The molecular formula is C11H12ClN3. The van der Waals surface area contributed by atoms with E-state index < -0.39 is 0 Å². The van der Waals surface area contributed by atoms with Crippen LogP contribution in [0.25, 0.3) is 11.4 Å². The maximum absolute atomic E-state index is 5.81. The van der Waals surface area contributed by atoms with Gasteiger partial charge in [-0.2, -0.15) is 0 Å². The van der Waals surface area contributed by atoms with Crippen LogP contribution < -0.4 is 5.73 Å². The molecule has 0 fully saturated rings. The number of nitrogens with zero attached hydrogens (tertiary/aromatic N) is 1. The predicted octanol–water partition coefficient (Wildman–Crippen LogP) is 2.23. The van der Waals surface area contributed by atoms with E-state index in [0.717, 1.165) is 28.5 Å². The summed E-state index contributed by atoms with van der Waals surface area (Å²) in [5, 5.41) is 0.729. The molecule has 4 heteroatoms. The Balaban J connectivity index is 2.25. The van der Waals surface area contributed by atoms with E-state index in [1.54, 1.807) is 0 Å². The zero-order valence-electron chi connectivity index (χ0n) is 8.20. The Morgan fingerprint density at radius 3 is 2.67 bits per heavy atom. The van der Waals surface area contributed by atoms with E-state index in [1.165, 1.54) is 0 Å². The second-order valence-electron chi connectivity index (χ2n) is 3.30. The Morgan fingerprint density at radius 1 is 1.27 bits per heavy atom. The van der Waals surface area contributed by atoms with Crippen LogP contribution in [-0.2, 0) is 6.42 Å². The van der Waals surface area contributed by atoms with E-state index >= 15 is 0 Å². The minimum atomic E-state index is 0.627. The second-order valence-corrected chi connectivity index (χ2v) is 3.74. The van der Waals surface area contributed by atoms with Crippen LogP contribution in [0.5, 0.6) is 0 Å². The van der Waals surface area contributed by atoms with Crippen LogP contribution in [-0.4, -0.2) is 16.5 Å². The van der Waals surface area contributed by atoms with Crippen LogP contribution >= 0.6 is 11.6 Å². The number of aromatic nitrogens is 2. The first-order valence-electron chi connectivity index (χ1n) is 4.79. The van der Waals surface area contributed by atoms with E-state index in [1.807, 2.05) is 30.5 Å². The van der Waals surface area contributed by atoms with Crippen LogP contribution in [0.4, 0.5) is 0 Å². The first kappa shape index (κ1) is 10.2. The van der Waals surface area contributed by atoms with Crippen LogP contribution in [0.2, 0.25) is 5.02 Å². The Bertz CT molecular complexity index is 433. The van der Waals surface area contributed by atoms with E-state index in [9.17, 15) is 0 Å². The molecule has 3 N–H and O–H groups in total. The fourth-order valence-electron chi connectivity index (χ4n) is 1.40. The summed E-state index contributed by atoms with van der Waals surface area (Å²) in [4.78, 5) is 7.50. The van der Waals surface area contributed by atoms with Gasteiger partial charge in [-0.1, -0.05) is 11.6 Å². The number of H-pyrrole nitrogens is 1. The maximum Gasteiger partial charge on any atom is 0.137 e. The first-order valence-corrected chi connectivity index (χ1v) is 5.17. The summed E-state index contributed by atoms with van der Waals surface area (Å²) in [5.41, 5.74) is 7.55. The number of hydrogen-bond donors (Lipinski definition) is 2. The molecule has 3 nitrogen and oxygen atoms in total. The molecule has 1 aromatic carbocycles. The van der Waals surface area contributed by atoms with Crippen molar-refractivity contribution in [1.82, 2.24) is 9.97 Å². The fourth-order valence-corrected chi connectivity index (χ4v) is 1.52. The molecule has 0 atom stereocenters. The highest BCUT2D eigenvalue weighted by Crippen LogP contribution is 2.18. The molecule has 1 heterocycles. The Labute approximate surface area is 93.3 Å². The standard InChI is InChI=1S/C11H12ClN3/c12-9-3-1-8(2-4-9)11-14-7-10(15-11)5-6-13/h1-4,7H,5-6,13H2,(H,14,15). The Morgan fingerprint density at radius 2 is 2.00 bits per heavy atom. The minimum absolute atomic E-state index is 0.627. The molecule has 0 saturated carbocycles. The first-order chi connectivity index (χ1) is 7.29. The van der Waals surface area contributed by atoms with Gasteiger partial charge in [0.05, 0.1) is 0 Å². The number of aromatic amines is 1. The number of rotatable bonds is 3. The quantitative estimate of drug-likeness (QED) is 0.835. The lowest BCUT2D eigenvalue weighted by Gasteiger charge is -1.96. The average Bonchev–Trinajstić information content (AvgIpc) is 2.68. The van der Waals surface area contributed by atoms with Gasteiger partial charge in [-0.3, -0.25) is 0 Å². The summed E-state index contributed by atoms with van der Waals surface area (Å²) >= 11 is 5.81. The van der Waals surface area contributed by atoms with Gasteiger partial charge in [-0.05, 0) is 30.8 Å². The number of nitrogens with two attached hydrogens (primary N) is 1. The molecule has 0 spiro atoms. The van der Waals surface area contributed by atoms with Crippen molar-refractivity contribution < 1.29 is 0 Å². The van der Waals surface area contributed by atoms with E-state index in [2.05, 4.69) is 9.97 Å². The van der Waals surface area contributed by atoms with Crippen molar-refractivity contribution >= 4 is 11.6 Å². The molecule has 0 amide bonds. The molecule has 0 unspecified atom stereocenters. The molecule has 0 radical (unpaired) electrons. The van der Waals surface area contributed by atoms with Gasteiger partial charge in [-0.25, -0.2) is 4.98 Å². The highest BCUT2D eigenvalue weighted by molar-refractivity contribution is 6.30. The van der Waals surface area contributed by atoms with Gasteiger partial charge in [-0.15, -0.1) is 0 Å². The van der Waals surface area contributed by atoms with Crippen molar-refractivity contribution in [2.24, 2.45) is 5.73 Å². The van der Waals surface area contributed by atoms with Crippen molar-refractivity contribution in [3.8, 4) is 11.4 Å². The van der Waals surface area contributed by atoms with E-state index in [-0.39, 0.29) is 0 Å². The maximum atomic E-state index is 5.81. The van der Waals surface area contributed by atoms with Crippen LogP contribution in [0, 0.1) is 0 Å². The zero-order valence-corrected chi connectivity index (χ0v) is 8.96. The monoisotopic (exact) mass is 221 g/mol. The second kappa shape index (κ2) is 4.47. The summed E-state index contributed by atoms with van der Waals surface area (Å²) in [6, 6.07) is 7.57. The van der Waals surface area contributed by atoms with Crippen molar-refractivity contribution in [2.45, 2.75) is 6.42 Å². The number of imidazole rings is 1. The summed E-state index contributed by atoms with van der Waals surface area (Å²) < 4.78 is 0. The van der Waals surface area contributed by atoms with Gasteiger partial charge in [0.15, 0.2) is 0 Å². The van der Waals surface area contributed by atoms with Gasteiger partial charge in [0.1, 0.15) is 5.82 Å². The van der Waals surface area contributed by atoms with E-state index in [0.29, 0.717) is 6.54 Å². The van der Waals surface area contributed by atoms with Crippen LogP contribution in [0.1, 0.15) is 5.69 Å². The summed E-state index contributed by atoms with van der Waals surface area (Å²) in [5.74, 6) is 0.857. The predicted molar refractivity (Wildman–Crippen MR) is 61.8 cm³/mol. The SMILES string of the molecule is NCCc1cnc(-c2ccc(Cl)cc2)[nH]1. The smallest absolute Gasteiger partial charge is 0.137 e. The average molecular weight is 222 g/mol. The summed E-state index contributed by atoms with van der Waals surface area (Å²) in [7, 11) is 0. The molecule has 15 heavy (non-hydrogen) atoms. The topological polar surface area (TPSA) is 54.7 Å². The molecule has 78 valence electrons. The van der Waals surface area contributed by atoms with Crippen molar-refractivity contribution in [3.05, 3.63) is 41.2 Å². The summed E-state index contributed by atoms with van der Waals surface area (Å²) in [6.45, 7) is 0.627. The number of nitrogens with one attached hydrogen (secondary N) is 1. The third-order valence-corrected chi connectivity index (χ3v) is 2.41. The molecule has 0 saturated heterocycles. The largest absolute Gasteiger partial charge is 0.342 e. The summed E-state index contributed by atoms with van der Waals surface area (Å²) in [6.07, 6.45) is 2.64. The minimum Gasteiger partial charge on any atom is -0.342 e. The van der Waals surface area contributed by atoms with Crippen molar-refractivity contribution in [2.75, 3.05) is 6.54 Å². The molecule has 1 aromatic heterocycles. The molecule has 2 aromatic rings. The molecule has 0 aliphatic rings. The lowest BCUT2D eigenvalue weighted by atomic mass is 10.2. The third kappa shape index (κ3) is 2.37.